The van der Waals surface area contributed by atoms with E-state index in [1.54, 1.807) is 35.6 Å². The summed E-state index contributed by atoms with van der Waals surface area (Å²) in [7, 11) is 0. The summed E-state index contributed by atoms with van der Waals surface area (Å²) < 4.78 is 30.0. The number of aromatic nitrogens is 1. The Morgan fingerprint density at radius 3 is 2.83 bits per heavy atom. The normalized spacial score (nSPS) is 10.2. The van der Waals surface area contributed by atoms with Gasteiger partial charge in [0.15, 0.2) is 0 Å². The van der Waals surface area contributed by atoms with Crippen molar-refractivity contribution in [3.63, 3.8) is 0 Å². The molecular weight excluding hydrogens is 357 g/mol. The van der Waals surface area contributed by atoms with Crippen LogP contribution in [0.15, 0.2) is 6.07 Å². The van der Waals surface area contributed by atoms with E-state index in [9.17, 15) is 13.6 Å². The Hall–Kier alpha value is -1.30. The van der Waals surface area contributed by atoms with Crippen LogP contribution in [0.2, 0.25) is 0 Å². The van der Waals surface area contributed by atoms with Gasteiger partial charge in [-0.25, -0.2) is 13.8 Å². The lowest BCUT2D eigenvalue weighted by Crippen LogP contribution is -2.11. The van der Waals surface area contributed by atoms with E-state index in [1.165, 1.54) is 0 Å². The van der Waals surface area contributed by atoms with Crippen LogP contribution in [0.4, 0.5) is 8.78 Å². The Bertz CT molecular complexity index is 501. The van der Waals surface area contributed by atoms with E-state index in [2.05, 4.69) is 4.98 Å². The number of nitriles is 1. The molecule has 0 bridgehead atoms. The molecule has 1 heterocycles. The van der Waals surface area contributed by atoms with E-state index in [-0.39, 0.29) is 33.5 Å². The molecule has 0 radical (unpaired) electrons. The molecule has 1 aromatic rings. The van der Waals surface area contributed by atoms with Crippen LogP contribution in [0, 0.1) is 15.0 Å². The minimum atomic E-state index is -2.70. The minimum absolute atomic E-state index is 0.0289. The van der Waals surface area contributed by atoms with Gasteiger partial charge in [-0.3, -0.25) is 4.79 Å². The fourth-order valence-corrected chi connectivity index (χ4v) is 1.96. The van der Waals surface area contributed by atoms with Crippen LogP contribution >= 0.6 is 22.6 Å². The molecule has 96 valence electrons. The lowest BCUT2D eigenvalue weighted by atomic mass is 10.1. The highest BCUT2D eigenvalue weighted by molar-refractivity contribution is 14.1. The second kappa shape index (κ2) is 6.58. The van der Waals surface area contributed by atoms with Gasteiger partial charge in [-0.1, -0.05) is 0 Å². The number of alkyl halides is 2. The summed E-state index contributed by atoms with van der Waals surface area (Å²) in [5.74, 6) is -0.540. The number of halogens is 3. The first-order chi connectivity index (χ1) is 8.49. The van der Waals surface area contributed by atoms with Crippen molar-refractivity contribution in [3.8, 4) is 6.07 Å². The summed E-state index contributed by atoms with van der Waals surface area (Å²) in [6.45, 7) is 1.87. The van der Waals surface area contributed by atoms with Crippen LogP contribution < -0.4 is 0 Å². The van der Waals surface area contributed by atoms with Crippen LogP contribution in [-0.2, 0) is 16.0 Å². The minimum Gasteiger partial charge on any atom is -0.466 e. The Morgan fingerprint density at radius 1 is 1.67 bits per heavy atom. The van der Waals surface area contributed by atoms with Gasteiger partial charge in [-0.2, -0.15) is 5.26 Å². The maximum atomic E-state index is 12.6. The molecule has 4 nitrogen and oxygen atoms in total. The van der Waals surface area contributed by atoms with Crippen LogP contribution in [0.3, 0.4) is 0 Å². The zero-order valence-corrected chi connectivity index (χ0v) is 11.6. The Balaban J connectivity index is 3.10. The lowest BCUT2D eigenvalue weighted by molar-refractivity contribution is -0.142. The van der Waals surface area contributed by atoms with Gasteiger partial charge in [0.1, 0.15) is 9.77 Å². The average Bonchev–Trinajstić information content (AvgIpc) is 2.29. The highest BCUT2D eigenvalue weighted by Gasteiger charge is 2.18. The van der Waals surface area contributed by atoms with Gasteiger partial charge in [-0.05, 0) is 35.6 Å². The molecule has 7 heteroatoms. The topological polar surface area (TPSA) is 63.0 Å². The van der Waals surface area contributed by atoms with Crippen molar-refractivity contribution in [2.45, 2.75) is 19.8 Å². The third kappa shape index (κ3) is 3.60. The number of nitrogens with zero attached hydrogens (tertiary/aromatic N) is 2. The molecule has 0 N–H and O–H groups in total. The molecule has 18 heavy (non-hydrogen) atoms. The van der Waals surface area contributed by atoms with Crippen molar-refractivity contribution >= 4 is 28.6 Å². The van der Waals surface area contributed by atoms with Crippen LogP contribution in [-0.4, -0.2) is 17.6 Å². The van der Waals surface area contributed by atoms with Gasteiger partial charge >= 0.3 is 5.97 Å². The lowest BCUT2D eigenvalue weighted by Gasteiger charge is -2.08. The third-order valence-corrected chi connectivity index (χ3v) is 2.92. The van der Waals surface area contributed by atoms with Gasteiger partial charge in [0.25, 0.3) is 6.43 Å². The molecule has 0 saturated heterocycles. The monoisotopic (exact) mass is 366 g/mol. The fraction of sp³-hybridized carbons (Fsp3) is 0.364. The summed E-state index contributed by atoms with van der Waals surface area (Å²) in [5.41, 5.74) is -0.178. The van der Waals surface area contributed by atoms with E-state index in [0.717, 1.165) is 6.07 Å². The van der Waals surface area contributed by atoms with Gasteiger partial charge in [0, 0.05) is 0 Å². The number of carbonyl (C=O) groups excluding carboxylic acids is 1. The fourth-order valence-electron chi connectivity index (χ4n) is 1.27. The molecule has 1 aromatic heterocycles. The van der Waals surface area contributed by atoms with Gasteiger partial charge in [-0.15, -0.1) is 0 Å². The summed E-state index contributed by atoms with van der Waals surface area (Å²) in [5, 5.41) is 8.87. The van der Waals surface area contributed by atoms with Crippen molar-refractivity contribution < 1.29 is 18.3 Å². The maximum absolute atomic E-state index is 12.6. The van der Waals surface area contributed by atoms with Crippen LogP contribution in [0.5, 0.6) is 0 Å². The van der Waals surface area contributed by atoms with Gasteiger partial charge < -0.3 is 4.74 Å². The van der Waals surface area contributed by atoms with E-state index < -0.39 is 12.4 Å². The summed E-state index contributed by atoms with van der Waals surface area (Å²) in [4.78, 5) is 15.2. The number of hydrogen-bond donors (Lipinski definition) is 0. The maximum Gasteiger partial charge on any atom is 0.311 e. The van der Waals surface area contributed by atoms with Crippen molar-refractivity contribution in [1.29, 1.82) is 5.26 Å². The smallest absolute Gasteiger partial charge is 0.311 e. The van der Waals surface area contributed by atoms with E-state index in [4.69, 9.17) is 10.00 Å². The molecule has 0 saturated carbocycles. The highest BCUT2D eigenvalue weighted by Crippen LogP contribution is 2.25. The predicted molar refractivity (Wildman–Crippen MR) is 67.0 cm³/mol. The summed E-state index contributed by atoms with van der Waals surface area (Å²) >= 11 is 1.65. The van der Waals surface area contributed by atoms with Crippen molar-refractivity contribution in [3.05, 3.63) is 26.6 Å². The Morgan fingerprint density at radius 2 is 2.33 bits per heavy atom. The summed E-state index contributed by atoms with van der Waals surface area (Å²) in [6, 6.07) is 2.82. The highest BCUT2D eigenvalue weighted by atomic mass is 127. The van der Waals surface area contributed by atoms with Crippen molar-refractivity contribution in [2.75, 3.05) is 6.61 Å². The predicted octanol–water partition coefficient (Wildman–Crippen LogP) is 2.60. The number of esters is 1. The number of rotatable bonds is 4. The first-order valence-corrected chi connectivity index (χ1v) is 6.10. The van der Waals surface area contributed by atoms with Crippen LogP contribution in [0.25, 0.3) is 0 Å². The van der Waals surface area contributed by atoms with Crippen molar-refractivity contribution in [1.82, 2.24) is 4.98 Å². The average molecular weight is 366 g/mol. The molecular formula is C11H9F2IN2O2. The second-order valence-corrected chi connectivity index (χ2v) is 4.28. The molecule has 0 aliphatic carbocycles. The number of ether oxygens (including phenoxy) is 1. The molecule has 0 unspecified atom stereocenters. The Labute approximate surface area is 116 Å². The largest absolute Gasteiger partial charge is 0.466 e. The van der Waals surface area contributed by atoms with E-state index >= 15 is 0 Å². The second-order valence-electron chi connectivity index (χ2n) is 3.26. The molecule has 1 rings (SSSR count). The van der Waals surface area contributed by atoms with Gasteiger partial charge in [0.2, 0.25) is 0 Å². The molecule has 0 fully saturated rings. The third-order valence-electron chi connectivity index (χ3n) is 2.05. The number of hydrogen-bond acceptors (Lipinski definition) is 4. The molecule has 0 aliphatic heterocycles. The van der Waals surface area contributed by atoms with Gasteiger partial charge in [0.05, 0.1) is 29.8 Å². The molecule has 0 aromatic carbocycles. The zero-order chi connectivity index (χ0) is 13.7. The van der Waals surface area contributed by atoms with E-state index in [1.807, 2.05) is 0 Å². The summed E-state index contributed by atoms with van der Waals surface area (Å²) in [6.07, 6.45) is -2.90. The molecule has 0 atom stereocenters. The standard InChI is InChI=1S/C11H9F2IN2O2/c1-2-18-9(17)4-8-6(5-15)3-7(10(12)13)11(14)16-8/h3,10H,2,4H2,1H3. The Kier molecular flexibility index (Phi) is 5.40. The number of carbonyl (C=O) groups is 1. The van der Waals surface area contributed by atoms with Crippen LogP contribution in [0.1, 0.15) is 30.2 Å². The SMILES string of the molecule is CCOC(=O)Cc1nc(I)c(C(F)F)cc1C#N. The first-order valence-electron chi connectivity index (χ1n) is 5.02. The zero-order valence-electron chi connectivity index (χ0n) is 9.41. The molecule has 0 aliphatic rings. The number of pyridine rings is 1. The first kappa shape index (κ1) is 14.8. The molecule has 0 spiro atoms. The molecule has 0 amide bonds. The van der Waals surface area contributed by atoms with E-state index in [0.29, 0.717) is 0 Å². The van der Waals surface area contributed by atoms with Crippen molar-refractivity contribution in [2.24, 2.45) is 0 Å². The quantitative estimate of drug-likeness (QED) is 0.467.